The molecule has 2 unspecified atom stereocenters. The lowest BCUT2D eigenvalue weighted by molar-refractivity contribution is 0.190. The third-order valence-electron chi connectivity index (χ3n) is 7.06. The normalized spacial score (nSPS) is 21.6. The molecule has 3 aromatic rings. The van der Waals surface area contributed by atoms with E-state index >= 15 is 0 Å². The quantitative estimate of drug-likeness (QED) is 0.587. The second-order valence-corrected chi connectivity index (χ2v) is 11.0. The van der Waals surface area contributed by atoms with Gasteiger partial charge in [-0.3, -0.25) is 14.0 Å². The zero-order valence-electron chi connectivity index (χ0n) is 20.4. The first-order valence-electron chi connectivity index (χ1n) is 11.9. The molecule has 9 heteroatoms. The van der Waals surface area contributed by atoms with E-state index in [1.165, 1.54) is 0 Å². The fourth-order valence-electron chi connectivity index (χ4n) is 5.41. The number of imidazole rings is 1. The number of carboxylic acid groups (broad SMARTS) is 1. The first kappa shape index (κ1) is 23.1. The number of carbonyl (C=O) groups is 1. The molecule has 3 heterocycles. The summed E-state index contributed by atoms with van der Waals surface area (Å²) in [6.07, 6.45) is -0.955. The molecule has 35 heavy (non-hydrogen) atoms. The van der Waals surface area contributed by atoms with Crippen LogP contribution in [0.2, 0.25) is 0 Å². The van der Waals surface area contributed by atoms with Gasteiger partial charge in [-0.2, -0.15) is 5.26 Å². The number of nitrogens with zero attached hydrogens (tertiary/aromatic N) is 5. The van der Waals surface area contributed by atoms with Crippen molar-refractivity contribution in [2.24, 2.45) is 24.3 Å². The van der Waals surface area contributed by atoms with E-state index in [-0.39, 0.29) is 17.1 Å². The van der Waals surface area contributed by atoms with Crippen LogP contribution in [0.15, 0.2) is 35.1 Å². The van der Waals surface area contributed by atoms with Crippen molar-refractivity contribution in [2.75, 3.05) is 13.1 Å². The first-order chi connectivity index (χ1) is 16.6. The molecule has 1 saturated heterocycles. The number of aryl methyl sites for hydroxylation is 1. The number of fused-ring (bicyclic) bond motifs is 2. The molecule has 2 aromatic heterocycles. The van der Waals surface area contributed by atoms with Gasteiger partial charge in [0.1, 0.15) is 0 Å². The van der Waals surface area contributed by atoms with Crippen LogP contribution >= 0.6 is 0 Å². The molecule has 0 radical (unpaired) electrons. The van der Waals surface area contributed by atoms with Crippen LogP contribution in [0, 0.1) is 28.6 Å². The summed E-state index contributed by atoms with van der Waals surface area (Å²) in [6, 6.07) is 11.9. The zero-order valence-corrected chi connectivity index (χ0v) is 20.4. The summed E-state index contributed by atoms with van der Waals surface area (Å²) in [7, 11) is 1.73. The van der Waals surface area contributed by atoms with Gasteiger partial charge in [0.2, 0.25) is 0 Å². The van der Waals surface area contributed by atoms with Gasteiger partial charge in [0.15, 0.2) is 5.65 Å². The maximum absolute atomic E-state index is 12.9. The summed E-state index contributed by atoms with van der Waals surface area (Å²) in [6.45, 7) is 9.32. The van der Waals surface area contributed by atoms with Crippen molar-refractivity contribution in [3.8, 4) is 17.3 Å². The van der Waals surface area contributed by atoms with Crippen molar-refractivity contribution in [1.82, 2.24) is 24.3 Å². The summed E-state index contributed by atoms with van der Waals surface area (Å²) in [4.78, 5) is 30.9. The van der Waals surface area contributed by atoms with Crippen molar-refractivity contribution in [2.45, 2.75) is 39.9 Å². The van der Waals surface area contributed by atoms with Crippen LogP contribution in [0.1, 0.15) is 31.9 Å². The number of pyridine rings is 1. The smallest absolute Gasteiger partial charge is 0.404 e. The van der Waals surface area contributed by atoms with E-state index in [9.17, 15) is 14.9 Å². The van der Waals surface area contributed by atoms with E-state index in [1.54, 1.807) is 16.2 Å². The van der Waals surface area contributed by atoms with Crippen LogP contribution in [0.25, 0.3) is 22.4 Å². The van der Waals surface area contributed by atoms with E-state index < -0.39 is 6.09 Å². The molecule has 0 spiro atoms. The Hall–Kier alpha value is -3.64. The van der Waals surface area contributed by atoms with Gasteiger partial charge in [-0.05, 0) is 47.1 Å². The highest BCUT2D eigenvalue weighted by Gasteiger charge is 2.56. The van der Waals surface area contributed by atoms with Gasteiger partial charge in [0, 0.05) is 44.8 Å². The largest absolute Gasteiger partial charge is 0.465 e. The van der Waals surface area contributed by atoms with Gasteiger partial charge >= 0.3 is 11.8 Å². The second-order valence-electron chi connectivity index (χ2n) is 11.0. The molecule has 2 N–H and O–H groups in total. The van der Waals surface area contributed by atoms with Gasteiger partial charge < -0.3 is 10.4 Å². The van der Waals surface area contributed by atoms with Gasteiger partial charge in [-0.15, -0.1) is 0 Å². The monoisotopic (exact) mass is 474 g/mol. The van der Waals surface area contributed by atoms with Crippen molar-refractivity contribution < 1.29 is 9.90 Å². The van der Waals surface area contributed by atoms with Crippen LogP contribution in [0.5, 0.6) is 0 Å². The average Bonchev–Trinajstić information content (AvgIpc) is 3.12. The molecule has 0 bridgehead atoms. The Labute approximate surface area is 203 Å². The number of nitriles is 1. The molecule has 9 nitrogen and oxygen atoms in total. The Kier molecular flexibility index (Phi) is 5.44. The summed E-state index contributed by atoms with van der Waals surface area (Å²) >= 11 is 0. The number of amides is 1. The minimum Gasteiger partial charge on any atom is -0.465 e. The number of nitrogens with one attached hydrogen (secondary N) is 1. The van der Waals surface area contributed by atoms with Gasteiger partial charge in [0.25, 0.3) is 0 Å². The van der Waals surface area contributed by atoms with Crippen molar-refractivity contribution in [3.63, 3.8) is 0 Å². The molecule has 1 amide bonds. The lowest BCUT2D eigenvalue weighted by atomic mass is 9.97. The van der Waals surface area contributed by atoms with Crippen LogP contribution in [-0.2, 0) is 20.1 Å². The first-order valence-corrected chi connectivity index (χ1v) is 11.9. The Balaban J connectivity index is 1.42. The summed E-state index contributed by atoms with van der Waals surface area (Å²) in [5, 5.41) is 21.3. The molecule has 1 aliphatic carbocycles. The summed E-state index contributed by atoms with van der Waals surface area (Å²) in [5.41, 5.74) is 4.25. The van der Waals surface area contributed by atoms with Crippen LogP contribution in [0.4, 0.5) is 4.79 Å². The van der Waals surface area contributed by atoms with Crippen molar-refractivity contribution in [1.29, 1.82) is 5.26 Å². The molecular weight excluding hydrogens is 444 g/mol. The number of benzene rings is 1. The fourth-order valence-corrected chi connectivity index (χ4v) is 5.41. The standard InChI is InChI=1S/C26H30N6O3/c1-26(2,3)14-32-21-8-7-20(28-23(21)30(4)25(32)35)17-9-15(5-6-16(17)10-27)11-31-12-18-19(13-31)22(18)29-24(33)34/h5-9,18-19,22,29H,11-14H2,1-4H3,(H,33,34). The minimum atomic E-state index is -0.955. The topological polar surface area (TPSA) is 116 Å². The molecule has 1 saturated carbocycles. The fraction of sp³-hybridized carbons (Fsp3) is 0.462. The molecule has 2 aliphatic rings. The van der Waals surface area contributed by atoms with E-state index in [0.717, 1.165) is 36.3 Å². The molecule has 1 aromatic carbocycles. The number of aromatic nitrogens is 3. The maximum atomic E-state index is 12.9. The lowest BCUT2D eigenvalue weighted by Gasteiger charge is -2.20. The van der Waals surface area contributed by atoms with E-state index in [4.69, 9.17) is 10.1 Å². The molecule has 5 rings (SSSR count). The number of rotatable bonds is 5. The molecule has 2 atom stereocenters. The highest BCUT2D eigenvalue weighted by atomic mass is 16.4. The Morgan fingerprint density at radius 1 is 1.23 bits per heavy atom. The molecule has 182 valence electrons. The number of likely N-dealkylation sites (tertiary alicyclic amines) is 1. The third-order valence-corrected chi connectivity index (χ3v) is 7.06. The zero-order chi connectivity index (χ0) is 25.1. The minimum absolute atomic E-state index is 0.0566. The SMILES string of the molecule is Cn1c(=O)n(CC(C)(C)C)c2ccc(-c3cc(CN4CC5C(C4)C5NC(=O)O)ccc3C#N)nc21. The Morgan fingerprint density at radius 2 is 1.94 bits per heavy atom. The summed E-state index contributed by atoms with van der Waals surface area (Å²) < 4.78 is 3.33. The van der Waals surface area contributed by atoms with Crippen LogP contribution < -0.4 is 11.0 Å². The van der Waals surface area contributed by atoms with Crippen LogP contribution in [0.3, 0.4) is 0 Å². The predicted octanol–water partition coefficient (Wildman–Crippen LogP) is 3.02. The van der Waals surface area contributed by atoms with Crippen LogP contribution in [-0.4, -0.2) is 49.3 Å². The number of hydrogen-bond donors (Lipinski definition) is 2. The van der Waals surface area contributed by atoms with E-state index in [2.05, 4.69) is 37.1 Å². The lowest BCUT2D eigenvalue weighted by Crippen LogP contribution is -2.33. The predicted molar refractivity (Wildman–Crippen MR) is 132 cm³/mol. The second kappa shape index (κ2) is 8.24. The molecule has 1 aliphatic heterocycles. The summed E-state index contributed by atoms with van der Waals surface area (Å²) in [5.74, 6) is 0.762. The van der Waals surface area contributed by atoms with Crippen molar-refractivity contribution in [3.05, 3.63) is 51.9 Å². The van der Waals surface area contributed by atoms with Gasteiger partial charge in [-0.25, -0.2) is 14.6 Å². The number of hydrogen-bond acceptors (Lipinski definition) is 5. The Morgan fingerprint density at radius 3 is 2.57 bits per heavy atom. The highest BCUT2D eigenvalue weighted by molar-refractivity contribution is 5.78. The van der Waals surface area contributed by atoms with Crippen molar-refractivity contribution >= 4 is 17.3 Å². The van der Waals surface area contributed by atoms with E-state index in [1.807, 2.05) is 30.3 Å². The highest BCUT2D eigenvalue weighted by Crippen LogP contribution is 2.45. The van der Waals surface area contributed by atoms with Gasteiger partial charge in [-0.1, -0.05) is 26.8 Å². The molecular formula is C26H30N6O3. The molecule has 2 fully saturated rings. The third kappa shape index (κ3) is 4.30. The van der Waals surface area contributed by atoms with E-state index in [0.29, 0.717) is 35.3 Å². The number of piperidine rings is 1. The average molecular weight is 475 g/mol. The Bertz CT molecular complexity index is 1410. The maximum Gasteiger partial charge on any atom is 0.404 e. The van der Waals surface area contributed by atoms with Gasteiger partial charge in [0.05, 0.1) is 22.8 Å².